The maximum absolute atomic E-state index is 12.2. The first-order chi connectivity index (χ1) is 17.7. The number of alkyl carbamates (subject to hydrolysis) is 1. The fourth-order valence-corrected chi connectivity index (χ4v) is 3.89. The zero-order chi connectivity index (χ0) is 26.7. The standard InChI is InChI=1S/C29H36N4O4/c1-29(2,3)37-28(36)32-23(17-18-25(34)35)16-10-11-19-30-27-31-20-24(21-12-6-4-7-13-21)26(33-27)22-14-8-5-9-15-22/h4-9,12-15,20,23H,10-11,16-19H2,1-3H3,(H,32,36)(H,34,35)(H,30,31,33). The molecule has 1 atom stereocenters. The van der Waals surface area contributed by atoms with Gasteiger partial charge in [0, 0.05) is 36.3 Å². The van der Waals surface area contributed by atoms with E-state index in [1.54, 1.807) is 20.8 Å². The summed E-state index contributed by atoms with van der Waals surface area (Å²) in [7, 11) is 0. The van der Waals surface area contributed by atoms with E-state index < -0.39 is 17.7 Å². The van der Waals surface area contributed by atoms with Gasteiger partial charge in [-0.05, 0) is 52.0 Å². The zero-order valence-electron chi connectivity index (χ0n) is 21.7. The Kier molecular flexibility index (Phi) is 10.0. The van der Waals surface area contributed by atoms with Crippen LogP contribution in [0.15, 0.2) is 66.9 Å². The normalized spacial score (nSPS) is 12.0. The van der Waals surface area contributed by atoms with E-state index in [9.17, 15) is 9.59 Å². The van der Waals surface area contributed by atoms with Crippen molar-refractivity contribution in [1.29, 1.82) is 0 Å². The van der Waals surface area contributed by atoms with Crippen molar-refractivity contribution in [2.24, 2.45) is 0 Å². The topological polar surface area (TPSA) is 113 Å². The van der Waals surface area contributed by atoms with Crippen molar-refractivity contribution in [2.45, 2.75) is 64.5 Å². The van der Waals surface area contributed by atoms with Gasteiger partial charge in [0.2, 0.25) is 5.95 Å². The third-order valence-corrected chi connectivity index (χ3v) is 5.61. The molecule has 196 valence electrons. The molecular weight excluding hydrogens is 468 g/mol. The highest BCUT2D eigenvalue weighted by Gasteiger charge is 2.20. The van der Waals surface area contributed by atoms with E-state index in [4.69, 9.17) is 14.8 Å². The Bertz CT molecular complexity index is 1150. The molecule has 2 aromatic carbocycles. The van der Waals surface area contributed by atoms with Crippen LogP contribution in [0.3, 0.4) is 0 Å². The summed E-state index contributed by atoms with van der Waals surface area (Å²) >= 11 is 0. The summed E-state index contributed by atoms with van der Waals surface area (Å²) in [6, 6.07) is 19.8. The molecule has 3 N–H and O–H groups in total. The van der Waals surface area contributed by atoms with Gasteiger partial charge in [-0.1, -0.05) is 60.7 Å². The highest BCUT2D eigenvalue weighted by molar-refractivity contribution is 5.80. The number of carbonyl (C=O) groups excluding carboxylic acids is 1. The van der Waals surface area contributed by atoms with Gasteiger partial charge in [0.1, 0.15) is 5.60 Å². The number of carbonyl (C=O) groups is 2. The Hall–Kier alpha value is -3.94. The number of hydrogen-bond acceptors (Lipinski definition) is 6. The van der Waals surface area contributed by atoms with Gasteiger partial charge in [-0.15, -0.1) is 0 Å². The van der Waals surface area contributed by atoms with Gasteiger partial charge >= 0.3 is 12.1 Å². The summed E-state index contributed by atoms with van der Waals surface area (Å²) < 4.78 is 5.32. The average molecular weight is 505 g/mol. The van der Waals surface area contributed by atoms with Crippen LogP contribution in [0, 0.1) is 0 Å². The number of nitrogens with zero attached hydrogens (tertiary/aromatic N) is 2. The molecule has 0 saturated carbocycles. The predicted molar refractivity (Wildman–Crippen MR) is 145 cm³/mol. The van der Waals surface area contributed by atoms with Gasteiger partial charge in [0.25, 0.3) is 0 Å². The lowest BCUT2D eigenvalue weighted by Crippen LogP contribution is -2.39. The number of rotatable bonds is 12. The molecule has 1 unspecified atom stereocenters. The van der Waals surface area contributed by atoms with Crippen molar-refractivity contribution in [3.63, 3.8) is 0 Å². The molecule has 0 aliphatic rings. The second-order valence-corrected chi connectivity index (χ2v) is 9.89. The maximum atomic E-state index is 12.2. The first kappa shape index (κ1) is 27.6. The second kappa shape index (κ2) is 13.4. The number of nitrogens with one attached hydrogen (secondary N) is 2. The molecule has 8 heteroatoms. The van der Waals surface area contributed by atoms with Crippen molar-refractivity contribution < 1.29 is 19.4 Å². The van der Waals surface area contributed by atoms with Crippen molar-refractivity contribution >= 4 is 18.0 Å². The average Bonchev–Trinajstić information content (AvgIpc) is 2.86. The van der Waals surface area contributed by atoms with Crippen molar-refractivity contribution in [3.05, 3.63) is 66.9 Å². The Balaban J connectivity index is 1.58. The molecule has 1 amide bonds. The Morgan fingerprint density at radius 2 is 1.59 bits per heavy atom. The Morgan fingerprint density at radius 3 is 2.22 bits per heavy atom. The number of unbranched alkanes of at least 4 members (excludes halogenated alkanes) is 1. The summed E-state index contributed by atoms with van der Waals surface area (Å²) in [4.78, 5) is 32.5. The Morgan fingerprint density at radius 1 is 0.946 bits per heavy atom. The molecule has 0 aliphatic heterocycles. The number of ether oxygens (including phenoxy) is 1. The molecule has 8 nitrogen and oxygen atoms in total. The number of aromatic nitrogens is 2. The molecule has 37 heavy (non-hydrogen) atoms. The molecule has 3 rings (SSSR count). The number of carboxylic acids is 1. The van der Waals surface area contributed by atoms with E-state index >= 15 is 0 Å². The number of anilines is 1. The van der Waals surface area contributed by atoms with E-state index in [-0.39, 0.29) is 12.5 Å². The highest BCUT2D eigenvalue weighted by Crippen LogP contribution is 2.30. The van der Waals surface area contributed by atoms with E-state index in [2.05, 4.69) is 15.6 Å². The fourth-order valence-electron chi connectivity index (χ4n) is 3.89. The number of hydrogen-bond donors (Lipinski definition) is 3. The van der Waals surface area contributed by atoms with Crippen LogP contribution in [-0.2, 0) is 9.53 Å². The van der Waals surface area contributed by atoms with Crippen molar-refractivity contribution in [3.8, 4) is 22.4 Å². The van der Waals surface area contributed by atoms with E-state index in [1.807, 2.05) is 66.9 Å². The third kappa shape index (κ3) is 9.56. The first-order valence-electron chi connectivity index (χ1n) is 12.6. The van der Waals surface area contributed by atoms with Gasteiger partial charge in [-0.2, -0.15) is 0 Å². The number of amides is 1. The summed E-state index contributed by atoms with van der Waals surface area (Å²) in [6.45, 7) is 6.03. The van der Waals surface area contributed by atoms with Crippen LogP contribution >= 0.6 is 0 Å². The van der Waals surface area contributed by atoms with Crippen molar-refractivity contribution in [1.82, 2.24) is 15.3 Å². The van der Waals surface area contributed by atoms with Crippen LogP contribution in [0.25, 0.3) is 22.4 Å². The molecule has 3 aromatic rings. The highest BCUT2D eigenvalue weighted by atomic mass is 16.6. The molecular formula is C29H36N4O4. The SMILES string of the molecule is CC(C)(C)OC(=O)NC(CCCCNc1ncc(-c2ccccc2)c(-c2ccccc2)n1)CCC(=O)O. The lowest BCUT2D eigenvalue weighted by Gasteiger charge is -2.23. The third-order valence-electron chi connectivity index (χ3n) is 5.61. The summed E-state index contributed by atoms with van der Waals surface area (Å²) in [5.41, 5.74) is 3.28. The molecule has 0 bridgehead atoms. The summed E-state index contributed by atoms with van der Waals surface area (Å²) in [5.74, 6) is -0.337. The van der Waals surface area contributed by atoms with E-state index in [0.29, 0.717) is 25.3 Å². The molecule has 0 radical (unpaired) electrons. The molecule has 0 fully saturated rings. The van der Waals surface area contributed by atoms with Gasteiger partial charge in [-0.3, -0.25) is 4.79 Å². The van der Waals surface area contributed by atoms with Crippen LogP contribution in [-0.4, -0.2) is 45.3 Å². The van der Waals surface area contributed by atoms with Gasteiger partial charge in [0.05, 0.1) is 5.69 Å². The molecule has 1 heterocycles. The van der Waals surface area contributed by atoms with Crippen LogP contribution in [0.1, 0.15) is 52.9 Å². The summed E-state index contributed by atoms with van der Waals surface area (Å²) in [5, 5.41) is 15.2. The van der Waals surface area contributed by atoms with Crippen LogP contribution < -0.4 is 10.6 Å². The lowest BCUT2D eigenvalue weighted by molar-refractivity contribution is -0.137. The Labute approximate surface area is 218 Å². The molecule has 0 aliphatic carbocycles. The predicted octanol–water partition coefficient (Wildman–Crippen LogP) is 6.15. The summed E-state index contributed by atoms with van der Waals surface area (Å²) in [6.07, 6.45) is 3.91. The minimum atomic E-state index is -0.886. The largest absolute Gasteiger partial charge is 0.481 e. The minimum Gasteiger partial charge on any atom is -0.481 e. The van der Waals surface area contributed by atoms with E-state index in [1.165, 1.54) is 0 Å². The number of aliphatic carboxylic acids is 1. The molecule has 0 spiro atoms. The van der Waals surface area contributed by atoms with Crippen LogP contribution in [0.4, 0.5) is 10.7 Å². The maximum Gasteiger partial charge on any atom is 0.407 e. The van der Waals surface area contributed by atoms with Gasteiger partial charge in [-0.25, -0.2) is 14.8 Å². The van der Waals surface area contributed by atoms with Gasteiger partial charge in [0.15, 0.2) is 0 Å². The lowest BCUT2D eigenvalue weighted by atomic mass is 10.0. The van der Waals surface area contributed by atoms with E-state index in [0.717, 1.165) is 35.2 Å². The quantitative estimate of drug-likeness (QED) is 0.253. The first-order valence-corrected chi connectivity index (χ1v) is 12.6. The molecule has 1 aromatic heterocycles. The molecule has 0 saturated heterocycles. The zero-order valence-corrected chi connectivity index (χ0v) is 21.7. The number of carboxylic acid groups (broad SMARTS) is 1. The number of benzene rings is 2. The monoisotopic (exact) mass is 504 g/mol. The van der Waals surface area contributed by atoms with Crippen molar-refractivity contribution in [2.75, 3.05) is 11.9 Å². The van der Waals surface area contributed by atoms with Crippen LogP contribution in [0.2, 0.25) is 0 Å². The van der Waals surface area contributed by atoms with Gasteiger partial charge < -0.3 is 20.5 Å². The fraction of sp³-hybridized carbons (Fsp3) is 0.379. The second-order valence-electron chi connectivity index (χ2n) is 9.89. The smallest absolute Gasteiger partial charge is 0.407 e. The minimum absolute atomic E-state index is 0.0113. The van der Waals surface area contributed by atoms with Crippen LogP contribution in [0.5, 0.6) is 0 Å².